The number of benzene rings is 3. The zero-order valence-electron chi connectivity index (χ0n) is 41.0. The fraction of sp³-hybridized carbons (Fsp3) is 0.519. The third-order valence-corrected chi connectivity index (χ3v) is 14.9. The molecule has 4 heterocycles. The molecule has 3 aromatic carbocycles. The minimum atomic E-state index is -2.05. The van der Waals surface area contributed by atoms with Gasteiger partial charge in [0.25, 0.3) is 11.7 Å². The van der Waals surface area contributed by atoms with E-state index >= 15 is 0 Å². The Morgan fingerprint density at radius 2 is 1.75 bits per heavy atom. The number of nitrogens with zero attached hydrogens (tertiary/aromatic N) is 2. The number of anilines is 1. The maximum absolute atomic E-state index is 14.8. The number of amides is 1. The summed E-state index contributed by atoms with van der Waals surface area (Å²) in [6.45, 7) is 18.6. The molecule has 0 saturated carbocycles. The van der Waals surface area contributed by atoms with Crippen LogP contribution < -0.4 is 20.2 Å². The van der Waals surface area contributed by atoms with Gasteiger partial charge < -0.3 is 53.2 Å². The lowest BCUT2D eigenvalue weighted by Gasteiger charge is -2.39. The number of phenols is 1. The molecule has 4 N–H and O–H groups in total. The molecule has 1 amide bonds. The molecule has 4 bridgehead atoms. The predicted molar refractivity (Wildman–Crippen MR) is 257 cm³/mol. The number of likely N-dealkylation sites (N-methyl/N-ethyl adjacent to an activating group) is 1. The Labute approximate surface area is 396 Å². The molecule has 4 aromatic rings. The van der Waals surface area contributed by atoms with Gasteiger partial charge in [-0.15, -0.1) is 0 Å². The molecule has 16 heteroatoms. The summed E-state index contributed by atoms with van der Waals surface area (Å²) in [6.07, 6.45) is 5.78. The van der Waals surface area contributed by atoms with Crippen LogP contribution in [-0.4, -0.2) is 112 Å². The molecule has 0 radical (unpaired) electrons. The van der Waals surface area contributed by atoms with E-state index in [0.717, 1.165) is 23.9 Å². The van der Waals surface area contributed by atoms with E-state index in [1.807, 2.05) is 0 Å². The van der Waals surface area contributed by atoms with E-state index in [2.05, 4.69) is 26.2 Å². The first-order valence-corrected chi connectivity index (χ1v) is 23.4. The van der Waals surface area contributed by atoms with E-state index in [4.69, 9.17) is 33.1 Å². The zero-order valence-corrected chi connectivity index (χ0v) is 41.0. The van der Waals surface area contributed by atoms with Crippen molar-refractivity contribution in [3.8, 4) is 17.2 Å². The monoisotopic (exact) mass is 940 g/mol. The van der Waals surface area contributed by atoms with Gasteiger partial charge >= 0.3 is 11.8 Å². The van der Waals surface area contributed by atoms with Crippen molar-refractivity contribution in [1.82, 2.24) is 4.98 Å². The van der Waals surface area contributed by atoms with Crippen molar-refractivity contribution in [3.63, 3.8) is 0 Å². The van der Waals surface area contributed by atoms with Crippen molar-refractivity contribution >= 4 is 56.3 Å². The highest BCUT2D eigenvalue weighted by Crippen LogP contribution is 2.48. The number of ketones is 1. The molecule has 0 aliphatic carbocycles. The summed E-state index contributed by atoms with van der Waals surface area (Å²) in [5, 5.41) is 37.7. The van der Waals surface area contributed by atoms with Gasteiger partial charge in [-0.1, -0.05) is 45.9 Å². The number of likely N-dealkylation sites (tertiary alicyclic amines) is 1. The van der Waals surface area contributed by atoms with Crippen molar-refractivity contribution in [2.24, 2.45) is 23.7 Å². The lowest BCUT2D eigenvalue weighted by atomic mass is 9.78. The number of aromatic hydroxyl groups is 1. The van der Waals surface area contributed by atoms with Gasteiger partial charge in [0.1, 0.15) is 47.0 Å². The number of hydrogen-bond donors (Lipinski definition) is 4. The maximum Gasteiger partial charge on any atom is 0.312 e. The van der Waals surface area contributed by atoms with Crippen LogP contribution in [0.1, 0.15) is 91.1 Å². The second-order valence-corrected chi connectivity index (χ2v) is 19.6. The Hall–Kier alpha value is -5.81. The lowest BCUT2D eigenvalue weighted by molar-refractivity contribution is -0.940. The van der Waals surface area contributed by atoms with Crippen molar-refractivity contribution in [1.29, 1.82) is 0 Å². The van der Waals surface area contributed by atoms with Crippen LogP contribution in [0.15, 0.2) is 63.6 Å². The van der Waals surface area contributed by atoms with E-state index in [1.54, 1.807) is 65.0 Å². The second kappa shape index (κ2) is 19.3. The first-order chi connectivity index (χ1) is 32.0. The molecule has 1 fully saturated rings. The summed E-state index contributed by atoms with van der Waals surface area (Å²) >= 11 is 0. The fourth-order valence-electron chi connectivity index (χ4n) is 10.1. The molecular weight excluding hydrogens is 875 g/mol. The molecule has 1 aromatic heterocycles. The van der Waals surface area contributed by atoms with Gasteiger partial charge in [0.15, 0.2) is 22.3 Å². The number of phenolic OH excluding ortho intramolecular Hbond substituents is 1. The Morgan fingerprint density at radius 1 is 1.03 bits per heavy atom. The lowest BCUT2D eigenvalue weighted by Crippen LogP contribution is -2.55. The fourth-order valence-corrected chi connectivity index (χ4v) is 10.1. The summed E-state index contributed by atoms with van der Waals surface area (Å²) in [6, 6.07) is 5.86. The molecule has 16 nitrogen and oxygen atoms in total. The molecule has 68 heavy (non-hydrogen) atoms. The number of Topliss-reactive ketones (excluding diaryl/α,β-unsaturated/α-hetero) is 1. The molecule has 1 saturated heterocycles. The van der Waals surface area contributed by atoms with Crippen LogP contribution in [0.2, 0.25) is 0 Å². The standard InChI is InChI=1S/C52H65N3O13/c1-25(2)55(11)21-14-17-33(55)24-64-34-18-19-35-37(23-34)67-49-41(53-35)38-39-45(59)31(8)48-40(38)50(61)52(10,68-48)65-22-20-36(63-12)28(5)47(66-32(9)56)30(7)44(58)29(6)43(57)26(3)15-13-16-27(4)51(62)54-42(49)46(39)60/h13,15-16,18-20,22-23,25-26,28-30,33,36,43-44,47,57-58H,14,17,21,24H2,1-12H3,(H-,53,54,59,60,61,62)/p+1/b15-13+,22-20+,27-16-/t26-,28+,29+,30+,33?,36-,43-,44+,47+,52-,55?/m0/s1. The topological polar surface area (TPSA) is 213 Å². The normalized spacial score (nSPS) is 32.2. The van der Waals surface area contributed by atoms with Crippen LogP contribution in [0.4, 0.5) is 5.69 Å². The van der Waals surface area contributed by atoms with Gasteiger partial charge in [-0.05, 0) is 45.9 Å². The number of ether oxygens (including phenoxy) is 5. The molecule has 2 unspecified atom stereocenters. The summed E-state index contributed by atoms with van der Waals surface area (Å²) in [5.74, 6) is -6.72. The number of carbonyl (C=O) groups is 3. The van der Waals surface area contributed by atoms with Crippen LogP contribution >= 0.6 is 0 Å². The number of allylic oxidation sites excluding steroid dienone is 2. The summed E-state index contributed by atoms with van der Waals surface area (Å²) in [4.78, 5) is 60.7. The van der Waals surface area contributed by atoms with E-state index in [0.29, 0.717) is 23.9 Å². The number of hydrogen-bond acceptors (Lipinski definition) is 14. The van der Waals surface area contributed by atoms with Gasteiger partial charge in [-0.3, -0.25) is 19.2 Å². The highest BCUT2D eigenvalue weighted by Gasteiger charge is 2.50. The van der Waals surface area contributed by atoms with Crippen molar-refractivity contribution in [2.45, 2.75) is 124 Å². The summed E-state index contributed by atoms with van der Waals surface area (Å²) in [5.41, 5.74) is -0.417. The minimum absolute atomic E-state index is 0.00419. The highest BCUT2D eigenvalue weighted by atomic mass is 16.7. The van der Waals surface area contributed by atoms with Crippen LogP contribution in [0.3, 0.4) is 0 Å². The first kappa shape index (κ1) is 50.1. The SMILES string of the molecule is CO[C@H]1/C=C/O[C@@]2(C)Oc3c(C)c(=O)c4c(O)c(c5oc6cc(OCC7CCC[N+]7(C)C(C)C)ccc6nc5c4c3C2=O)NC(=O)/C(C)=C\C=C\[C@H](C)[C@H](O)[C@@H](C)[C@@H](O)[C@@H](C)[C@H](OC(C)=O)[C@@H]1C. The molecule has 0 spiro atoms. The smallest absolute Gasteiger partial charge is 0.312 e. The number of quaternary nitrogens is 1. The van der Waals surface area contributed by atoms with Crippen molar-refractivity contribution in [3.05, 3.63) is 75.7 Å². The van der Waals surface area contributed by atoms with E-state index < -0.39 is 82.7 Å². The van der Waals surface area contributed by atoms with Crippen molar-refractivity contribution in [2.75, 3.05) is 32.6 Å². The summed E-state index contributed by atoms with van der Waals surface area (Å²) < 4.78 is 37.8. The Morgan fingerprint density at radius 3 is 2.43 bits per heavy atom. The number of fused-ring (bicyclic) bond motifs is 2. The number of aromatic nitrogens is 1. The number of esters is 1. The predicted octanol–water partition coefficient (Wildman–Crippen LogP) is 7.39. The molecule has 3 aliphatic rings. The van der Waals surface area contributed by atoms with Crippen LogP contribution in [0.25, 0.3) is 33.0 Å². The average molecular weight is 941 g/mol. The van der Waals surface area contributed by atoms with Gasteiger partial charge in [0, 0.05) is 80.1 Å². The quantitative estimate of drug-likeness (QED) is 0.0488. The zero-order chi connectivity index (χ0) is 49.7. The Bertz CT molecular complexity index is 2800. The van der Waals surface area contributed by atoms with E-state index in [1.165, 1.54) is 46.3 Å². The number of nitrogens with one attached hydrogen (secondary N) is 1. The molecule has 7 rings (SSSR count). The molecular formula is C52H66N3O13+. The Balaban J connectivity index is 1.40. The third-order valence-electron chi connectivity index (χ3n) is 14.9. The molecule has 11 atom stereocenters. The number of methoxy groups -OCH3 is 1. The van der Waals surface area contributed by atoms with Crippen LogP contribution in [0, 0.1) is 30.6 Å². The highest BCUT2D eigenvalue weighted by molar-refractivity contribution is 6.26. The van der Waals surface area contributed by atoms with Crippen LogP contribution in [-0.2, 0) is 23.8 Å². The van der Waals surface area contributed by atoms with Gasteiger partial charge in [0.2, 0.25) is 0 Å². The number of rotatable bonds is 6. The van der Waals surface area contributed by atoms with E-state index in [9.17, 15) is 34.5 Å². The van der Waals surface area contributed by atoms with Gasteiger partial charge in [0.05, 0.1) is 55.2 Å². The minimum Gasteiger partial charge on any atom is -0.505 e. The van der Waals surface area contributed by atoms with E-state index in [-0.39, 0.29) is 61.6 Å². The average Bonchev–Trinajstić information content (AvgIpc) is 3.82. The second-order valence-electron chi connectivity index (χ2n) is 19.6. The first-order valence-electron chi connectivity index (χ1n) is 23.4. The summed E-state index contributed by atoms with van der Waals surface area (Å²) in [7, 11) is 3.70. The number of carbonyl (C=O) groups excluding carboxylic acids is 3. The van der Waals surface area contributed by atoms with Crippen LogP contribution in [0.5, 0.6) is 17.2 Å². The number of aliphatic hydroxyl groups is 2. The molecule has 366 valence electrons. The van der Waals surface area contributed by atoms with Gasteiger partial charge in [-0.25, -0.2) is 4.98 Å². The number of aliphatic hydroxyl groups excluding tert-OH is 2. The largest absolute Gasteiger partial charge is 0.505 e. The maximum atomic E-state index is 14.8. The van der Waals surface area contributed by atoms with Crippen molar-refractivity contribution < 1.29 is 62.3 Å². The Kier molecular flexibility index (Phi) is 14.2. The third kappa shape index (κ3) is 8.99. The van der Waals surface area contributed by atoms with Gasteiger partial charge in [-0.2, -0.15) is 0 Å². The molecule has 3 aliphatic heterocycles.